The van der Waals surface area contributed by atoms with Crippen LogP contribution in [-0.2, 0) is 9.53 Å². The van der Waals surface area contributed by atoms with E-state index in [0.717, 1.165) is 10.6 Å². The van der Waals surface area contributed by atoms with Crippen LogP contribution in [0.1, 0.15) is 20.3 Å². The fourth-order valence-corrected chi connectivity index (χ4v) is 2.32. The summed E-state index contributed by atoms with van der Waals surface area (Å²) in [5.74, 6) is -0.156. The average Bonchev–Trinajstić information content (AvgIpc) is 2.21. The number of anilines is 1. The Morgan fingerprint density at radius 2 is 2.19 bits per heavy atom. The fourth-order valence-electron chi connectivity index (χ4n) is 1.30. The van der Waals surface area contributed by atoms with E-state index in [0.29, 0.717) is 13.0 Å². The lowest BCUT2D eigenvalue weighted by Crippen LogP contribution is -2.10. The van der Waals surface area contributed by atoms with Gasteiger partial charge in [-0.05, 0) is 19.1 Å². The van der Waals surface area contributed by atoms with Crippen molar-refractivity contribution in [3.63, 3.8) is 0 Å². The monoisotopic (exact) mass is 239 g/mol. The van der Waals surface area contributed by atoms with Gasteiger partial charge >= 0.3 is 5.97 Å². The summed E-state index contributed by atoms with van der Waals surface area (Å²) < 4.78 is 4.90. The number of carbonyl (C=O) groups is 1. The quantitative estimate of drug-likeness (QED) is 0.487. The molecule has 3 nitrogen and oxygen atoms in total. The Balaban J connectivity index is 2.48. The molecule has 1 rings (SSSR count). The summed E-state index contributed by atoms with van der Waals surface area (Å²) in [5, 5.41) is 0.170. The molecule has 0 aliphatic rings. The second-order valence-electron chi connectivity index (χ2n) is 3.48. The van der Waals surface area contributed by atoms with Gasteiger partial charge in [0.15, 0.2) is 0 Å². The Labute approximate surface area is 100 Å². The number of nitrogens with two attached hydrogens (primary N) is 1. The van der Waals surface area contributed by atoms with E-state index in [1.54, 1.807) is 11.8 Å². The van der Waals surface area contributed by atoms with Crippen LogP contribution in [0.5, 0.6) is 0 Å². The minimum Gasteiger partial charge on any atom is -0.466 e. The second kappa shape index (κ2) is 6.43. The summed E-state index contributed by atoms with van der Waals surface area (Å²) in [5.41, 5.74) is 6.57. The van der Waals surface area contributed by atoms with Crippen LogP contribution in [0.3, 0.4) is 0 Å². The Kier molecular flexibility index (Phi) is 5.19. The minimum atomic E-state index is -0.156. The Morgan fingerprint density at radius 1 is 1.50 bits per heavy atom. The van der Waals surface area contributed by atoms with Crippen molar-refractivity contribution in [2.45, 2.75) is 30.4 Å². The first-order valence-corrected chi connectivity index (χ1v) is 6.18. The molecule has 1 aromatic rings. The van der Waals surface area contributed by atoms with Gasteiger partial charge in [-0.15, -0.1) is 11.8 Å². The molecule has 0 amide bonds. The molecule has 0 fully saturated rings. The molecule has 0 saturated heterocycles. The second-order valence-corrected chi connectivity index (χ2v) is 4.96. The topological polar surface area (TPSA) is 52.3 Å². The van der Waals surface area contributed by atoms with Gasteiger partial charge < -0.3 is 10.5 Å². The molecular weight excluding hydrogens is 222 g/mol. The van der Waals surface area contributed by atoms with E-state index in [2.05, 4.69) is 0 Å². The number of para-hydroxylation sites is 1. The third kappa shape index (κ3) is 4.14. The molecule has 0 bridgehead atoms. The smallest absolute Gasteiger partial charge is 0.306 e. The SMILES string of the molecule is CCOC(=O)CC(C)Sc1ccccc1N. The van der Waals surface area contributed by atoms with E-state index in [1.165, 1.54) is 0 Å². The number of benzene rings is 1. The number of nitrogen functional groups attached to an aromatic ring is 1. The first kappa shape index (κ1) is 12.9. The maximum absolute atomic E-state index is 11.3. The predicted molar refractivity (Wildman–Crippen MR) is 67.4 cm³/mol. The lowest BCUT2D eigenvalue weighted by atomic mass is 10.3. The Morgan fingerprint density at radius 3 is 2.81 bits per heavy atom. The van der Waals surface area contributed by atoms with Gasteiger partial charge in [-0.25, -0.2) is 0 Å². The number of ether oxygens (including phenoxy) is 1. The highest BCUT2D eigenvalue weighted by Gasteiger charge is 2.12. The predicted octanol–water partition coefficient (Wildman–Crippen LogP) is 2.70. The molecule has 0 spiro atoms. The van der Waals surface area contributed by atoms with Gasteiger partial charge in [0, 0.05) is 15.8 Å². The van der Waals surface area contributed by atoms with E-state index >= 15 is 0 Å². The summed E-state index contributed by atoms with van der Waals surface area (Å²) in [6, 6.07) is 7.66. The molecule has 0 saturated carbocycles. The van der Waals surface area contributed by atoms with E-state index in [4.69, 9.17) is 10.5 Å². The van der Waals surface area contributed by atoms with Crippen LogP contribution < -0.4 is 5.73 Å². The molecule has 0 aliphatic carbocycles. The normalized spacial score (nSPS) is 12.1. The number of thioether (sulfide) groups is 1. The Hall–Kier alpha value is -1.16. The summed E-state index contributed by atoms with van der Waals surface area (Å²) >= 11 is 1.60. The van der Waals surface area contributed by atoms with Gasteiger partial charge in [-0.3, -0.25) is 4.79 Å². The number of carbonyl (C=O) groups excluding carboxylic acids is 1. The van der Waals surface area contributed by atoms with Crippen LogP contribution in [0, 0.1) is 0 Å². The zero-order chi connectivity index (χ0) is 12.0. The highest BCUT2D eigenvalue weighted by Crippen LogP contribution is 2.29. The van der Waals surface area contributed by atoms with E-state index in [-0.39, 0.29) is 11.2 Å². The molecule has 4 heteroatoms. The molecule has 16 heavy (non-hydrogen) atoms. The van der Waals surface area contributed by atoms with Crippen molar-refractivity contribution in [1.82, 2.24) is 0 Å². The maximum atomic E-state index is 11.3. The molecule has 1 aromatic carbocycles. The average molecular weight is 239 g/mol. The van der Waals surface area contributed by atoms with Crippen LogP contribution >= 0.6 is 11.8 Å². The number of esters is 1. The molecule has 0 radical (unpaired) electrons. The van der Waals surface area contributed by atoms with Crippen LogP contribution in [-0.4, -0.2) is 17.8 Å². The zero-order valence-corrected chi connectivity index (χ0v) is 10.4. The van der Waals surface area contributed by atoms with Crippen LogP contribution in [0.2, 0.25) is 0 Å². The third-order valence-corrected chi connectivity index (χ3v) is 3.20. The summed E-state index contributed by atoms with van der Waals surface area (Å²) in [4.78, 5) is 12.3. The number of hydrogen-bond donors (Lipinski definition) is 1. The van der Waals surface area contributed by atoms with E-state index < -0.39 is 0 Å². The third-order valence-electron chi connectivity index (χ3n) is 2.01. The van der Waals surface area contributed by atoms with Crippen molar-refractivity contribution in [2.24, 2.45) is 0 Å². The number of rotatable bonds is 5. The maximum Gasteiger partial charge on any atom is 0.306 e. The lowest BCUT2D eigenvalue weighted by molar-refractivity contribution is -0.142. The van der Waals surface area contributed by atoms with E-state index in [9.17, 15) is 4.79 Å². The van der Waals surface area contributed by atoms with Crippen LogP contribution in [0.25, 0.3) is 0 Å². The van der Waals surface area contributed by atoms with Gasteiger partial charge in [0.1, 0.15) is 0 Å². The molecule has 2 N–H and O–H groups in total. The summed E-state index contributed by atoms with van der Waals surface area (Å²) in [6.45, 7) is 4.24. The van der Waals surface area contributed by atoms with Crippen LogP contribution in [0.15, 0.2) is 29.2 Å². The van der Waals surface area contributed by atoms with Crippen molar-refractivity contribution in [3.8, 4) is 0 Å². The molecule has 88 valence electrons. The van der Waals surface area contributed by atoms with Crippen molar-refractivity contribution < 1.29 is 9.53 Å². The highest BCUT2D eigenvalue weighted by atomic mass is 32.2. The van der Waals surface area contributed by atoms with Crippen LogP contribution in [0.4, 0.5) is 5.69 Å². The Bertz CT molecular complexity index is 355. The van der Waals surface area contributed by atoms with Crippen molar-refractivity contribution >= 4 is 23.4 Å². The van der Waals surface area contributed by atoms with Gasteiger partial charge in [-0.2, -0.15) is 0 Å². The lowest BCUT2D eigenvalue weighted by Gasteiger charge is -2.11. The van der Waals surface area contributed by atoms with Gasteiger partial charge in [-0.1, -0.05) is 19.1 Å². The van der Waals surface area contributed by atoms with Gasteiger partial charge in [0.05, 0.1) is 13.0 Å². The molecule has 0 aliphatic heterocycles. The van der Waals surface area contributed by atoms with E-state index in [1.807, 2.05) is 38.1 Å². The largest absolute Gasteiger partial charge is 0.466 e. The van der Waals surface area contributed by atoms with Gasteiger partial charge in [0.25, 0.3) is 0 Å². The first-order valence-electron chi connectivity index (χ1n) is 5.30. The van der Waals surface area contributed by atoms with Crippen molar-refractivity contribution in [1.29, 1.82) is 0 Å². The van der Waals surface area contributed by atoms with Crippen molar-refractivity contribution in [2.75, 3.05) is 12.3 Å². The number of hydrogen-bond acceptors (Lipinski definition) is 4. The van der Waals surface area contributed by atoms with Gasteiger partial charge in [0.2, 0.25) is 0 Å². The molecular formula is C12H17NO2S. The standard InChI is InChI=1S/C12H17NO2S/c1-3-15-12(14)8-9(2)16-11-7-5-4-6-10(11)13/h4-7,9H,3,8,13H2,1-2H3. The molecule has 0 aromatic heterocycles. The first-order chi connectivity index (χ1) is 7.63. The summed E-state index contributed by atoms with van der Waals surface area (Å²) in [6.07, 6.45) is 0.410. The molecule has 1 unspecified atom stereocenters. The zero-order valence-electron chi connectivity index (χ0n) is 9.60. The summed E-state index contributed by atoms with van der Waals surface area (Å²) in [7, 11) is 0. The fraction of sp³-hybridized carbons (Fsp3) is 0.417. The molecule has 0 heterocycles. The van der Waals surface area contributed by atoms with Crippen molar-refractivity contribution in [3.05, 3.63) is 24.3 Å². The minimum absolute atomic E-state index is 0.156. The highest BCUT2D eigenvalue weighted by molar-refractivity contribution is 8.00. The molecule has 1 atom stereocenters.